The lowest BCUT2D eigenvalue weighted by molar-refractivity contribution is -0.161. The number of ether oxygens (including phenoxy) is 2. The highest BCUT2D eigenvalue weighted by atomic mass is 16.6. The maximum Gasteiger partial charge on any atom is 0.319 e. The molecule has 0 saturated heterocycles. The van der Waals surface area contributed by atoms with Gasteiger partial charge in [-0.3, -0.25) is 9.59 Å². The SMILES string of the molecule is CCc1ccc(NC(OC(=O)CC(=O)OC(Nc2ccc(CC)cc2)C(CC)CC)C(CC)CC)cc1. The fraction of sp³-hybridized carbons (Fsp3) is 0.548. The molecule has 6 heteroatoms. The third-order valence-corrected chi connectivity index (χ3v) is 7.10. The normalized spacial score (nSPS) is 12.8. The van der Waals surface area contributed by atoms with Crippen LogP contribution in [0, 0.1) is 11.8 Å². The molecule has 0 aliphatic rings. The van der Waals surface area contributed by atoms with Gasteiger partial charge in [-0.2, -0.15) is 0 Å². The number of carbonyl (C=O) groups excluding carboxylic acids is 2. The highest BCUT2D eigenvalue weighted by Gasteiger charge is 2.27. The Kier molecular flexibility index (Phi) is 13.0. The molecule has 0 spiro atoms. The smallest absolute Gasteiger partial charge is 0.319 e. The summed E-state index contributed by atoms with van der Waals surface area (Å²) in [6.45, 7) is 12.5. The quantitative estimate of drug-likeness (QED) is 0.140. The monoisotopic (exact) mass is 510 g/mol. The zero-order valence-electron chi connectivity index (χ0n) is 23.5. The molecule has 0 aliphatic carbocycles. The molecule has 2 aromatic rings. The fourth-order valence-electron chi connectivity index (χ4n) is 4.41. The summed E-state index contributed by atoms with van der Waals surface area (Å²) in [5.41, 5.74) is 4.26. The first-order chi connectivity index (χ1) is 17.9. The van der Waals surface area contributed by atoms with Crippen LogP contribution in [0.25, 0.3) is 0 Å². The zero-order chi connectivity index (χ0) is 27.2. The number of carbonyl (C=O) groups is 2. The molecule has 204 valence electrons. The Morgan fingerprint density at radius 2 is 0.919 bits per heavy atom. The summed E-state index contributed by atoms with van der Waals surface area (Å²) >= 11 is 0. The first-order valence-electron chi connectivity index (χ1n) is 14.0. The maximum absolute atomic E-state index is 12.8. The number of nitrogens with one attached hydrogen (secondary N) is 2. The number of hydrogen-bond donors (Lipinski definition) is 2. The van der Waals surface area contributed by atoms with Gasteiger partial charge in [0.15, 0.2) is 12.5 Å². The van der Waals surface area contributed by atoms with E-state index in [9.17, 15) is 9.59 Å². The molecule has 0 amide bonds. The predicted molar refractivity (Wildman–Crippen MR) is 151 cm³/mol. The van der Waals surface area contributed by atoms with E-state index in [0.29, 0.717) is 0 Å². The second kappa shape index (κ2) is 16.0. The van der Waals surface area contributed by atoms with Crippen molar-refractivity contribution in [2.24, 2.45) is 11.8 Å². The summed E-state index contributed by atoms with van der Waals surface area (Å²) in [6, 6.07) is 16.2. The van der Waals surface area contributed by atoms with Crippen molar-refractivity contribution >= 4 is 23.3 Å². The third-order valence-electron chi connectivity index (χ3n) is 7.10. The van der Waals surface area contributed by atoms with Gasteiger partial charge in [-0.1, -0.05) is 65.8 Å². The molecule has 0 saturated carbocycles. The first kappa shape index (κ1) is 30.2. The van der Waals surface area contributed by atoms with Crippen LogP contribution in [0.1, 0.15) is 84.8 Å². The zero-order valence-corrected chi connectivity index (χ0v) is 23.5. The van der Waals surface area contributed by atoms with Crippen LogP contribution in [-0.4, -0.2) is 24.4 Å². The fourth-order valence-corrected chi connectivity index (χ4v) is 4.41. The minimum atomic E-state index is -0.588. The Hall–Kier alpha value is -3.02. The molecule has 0 bridgehead atoms. The van der Waals surface area contributed by atoms with Crippen LogP contribution in [0.3, 0.4) is 0 Å². The van der Waals surface area contributed by atoms with Crippen LogP contribution < -0.4 is 10.6 Å². The van der Waals surface area contributed by atoms with E-state index in [4.69, 9.17) is 9.47 Å². The van der Waals surface area contributed by atoms with E-state index in [1.54, 1.807) is 0 Å². The molecule has 37 heavy (non-hydrogen) atoms. The number of benzene rings is 2. The summed E-state index contributed by atoms with van der Waals surface area (Å²) in [6.07, 6.45) is 3.83. The highest BCUT2D eigenvalue weighted by Crippen LogP contribution is 2.23. The number of rotatable bonds is 16. The average molecular weight is 511 g/mol. The maximum atomic E-state index is 12.8. The van der Waals surface area contributed by atoms with Crippen LogP contribution in [0.4, 0.5) is 11.4 Å². The van der Waals surface area contributed by atoms with Crippen molar-refractivity contribution < 1.29 is 19.1 Å². The summed E-state index contributed by atoms with van der Waals surface area (Å²) in [7, 11) is 0. The minimum absolute atomic E-state index is 0.121. The molecule has 0 fully saturated rings. The van der Waals surface area contributed by atoms with E-state index in [2.05, 4.69) is 76.4 Å². The molecule has 2 unspecified atom stereocenters. The summed E-state index contributed by atoms with van der Waals surface area (Å²) < 4.78 is 11.6. The standard InChI is InChI=1S/C31H46N2O4/c1-7-22-13-17-26(18-14-22)32-30(24(9-3)10-4)36-28(34)21-29(35)37-31(25(11-5)12-6)33-27-19-15-23(8-2)16-20-27/h13-20,24-25,30-33H,7-12,21H2,1-6H3. The summed E-state index contributed by atoms with van der Waals surface area (Å²) in [5.74, 6) is -0.933. The van der Waals surface area contributed by atoms with E-state index in [1.165, 1.54) is 11.1 Å². The molecule has 2 rings (SSSR count). The molecular formula is C31H46N2O4. The van der Waals surface area contributed by atoms with Crippen molar-refractivity contribution in [2.75, 3.05) is 10.6 Å². The third kappa shape index (κ3) is 9.75. The topological polar surface area (TPSA) is 76.7 Å². The largest absolute Gasteiger partial charge is 0.441 e. The number of aryl methyl sites for hydroxylation is 2. The molecule has 0 aromatic heterocycles. The van der Waals surface area contributed by atoms with Gasteiger partial charge in [-0.05, 0) is 73.9 Å². The number of hydrogen-bond acceptors (Lipinski definition) is 6. The molecule has 0 radical (unpaired) electrons. The lowest BCUT2D eigenvalue weighted by Gasteiger charge is -2.28. The van der Waals surface area contributed by atoms with E-state index < -0.39 is 30.8 Å². The van der Waals surface area contributed by atoms with Gasteiger partial charge in [0.2, 0.25) is 0 Å². The van der Waals surface area contributed by atoms with Crippen LogP contribution in [-0.2, 0) is 31.9 Å². The van der Waals surface area contributed by atoms with Gasteiger partial charge in [0.25, 0.3) is 0 Å². The van der Waals surface area contributed by atoms with Crippen molar-refractivity contribution in [3.8, 4) is 0 Å². The van der Waals surface area contributed by atoms with E-state index in [0.717, 1.165) is 49.9 Å². The van der Waals surface area contributed by atoms with Crippen molar-refractivity contribution in [1.82, 2.24) is 0 Å². The van der Waals surface area contributed by atoms with Gasteiger partial charge in [-0.25, -0.2) is 0 Å². The van der Waals surface area contributed by atoms with Crippen molar-refractivity contribution in [1.29, 1.82) is 0 Å². The molecule has 0 heterocycles. The second-order valence-electron chi connectivity index (χ2n) is 9.54. The Morgan fingerprint density at radius 3 is 1.19 bits per heavy atom. The number of esters is 2. The van der Waals surface area contributed by atoms with Crippen LogP contribution >= 0.6 is 0 Å². The minimum Gasteiger partial charge on any atom is -0.441 e. The lowest BCUT2D eigenvalue weighted by Crippen LogP contribution is -2.36. The Balaban J connectivity index is 2.05. The van der Waals surface area contributed by atoms with Crippen molar-refractivity contribution in [2.45, 2.75) is 98.9 Å². The summed E-state index contributed by atoms with van der Waals surface area (Å²) in [4.78, 5) is 25.7. The Bertz CT molecular complexity index is 857. The van der Waals surface area contributed by atoms with Crippen LogP contribution in [0.15, 0.2) is 48.5 Å². The Labute approximate surface area is 223 Å². The molecular weight excluding hydrogens is 464 g/mol. The van der Waals surface area contributed by atoms with E-state index in [1.807, 2.05) is 24.3 Å². The van der Waals surface area contributed by atoms with Gasteiger partial charge in [0, 0.05) is 23.2 Å². The number of anilines is 2. The van der Waals surface area contributed by atoms with Gasteiger partial charge >= 0.3 is 11.9 Å². The van der Waals surface area contributed by atoms with Gasteiger partial charge in [-0.15, -0.1) is 0 Å². The average Bonchev–Trinajstić information content (AvgIpc) is 2.90. The van der Waals surface area contributed by atoms with Crippen LogP contribution in [0.5, 0.6) is 0 Å². The van der Waals surface area contributed by atoms with Crippen LogP contribution in [0.2, 0.25) is 0 Å². The van der Waals surface area contributed by atoms with Crippen molar-refractivity contribution in [3.63, 3.8) is 0 Å². The Morgan fingerprint density at radius 1 is 0.595 bits per heavy atom. The molecule has 2 atom stereocenters. The van der Waals surface area contributed by atoms with E-state index >= 15 is 0 Å². The highest BCUT2D eigenvalue weighted by molar-refractivity contribution is 5.91. The molecule has 2 N–H and O–H groups in total. The van der Waals surface area contributed by atoms with Crippen molar-refractivity contribution in [3.05, 3.63) is 59.7 Å². The summed E-state index contributed by atoms with van der Waals surface area (Å²) in [5, 5.41) is 6.70. The molecule has 0 aliphatic heterocycles. The predicted octanol–water partition coefficient (Wildman–Crippen LogP) is 7.34. The van der Waals surface area contributed by atoms with E-state index in [-0.39, 0.29) is 11.8 Å². The van der Waals surface area contributed by atoms with Gasteiger partial charge in [0.05, 0.1) is 0 Å². The second-order valence-corrected chi connectivity index (χ2v) is 9.54. The van der Waals surface area contributed by atoms with Gasteiger partial charge in [0.1, 0.15) is 6.42 Å². The first-order valence-corrected chi connectivity index (χ1v) is 14.0. The van der Waals surface area contributed by atoms with Gasteiger partial charge < -0.3 is 20.1 Å². The molecule has 2 aromatic carbocycles. The molecule has 6 nitrogen and oxygen atoms in total. The lowest BCUT2D eigenvalue weighted by atomic mass is 10.0.